The second kappa shape index (κ2) is 7.38. The third-order valence-electron chi connectivity index (χ3n) is 3.64. The summed E-state index contributed by atoms with van der Waals surface area (Å²) in [6.45, 7) is 7.20. The predicted octanol–water partition coefficient (Wildman–Crippen LogP) is 3.15. The highest BCUT2D eigenvalue weighted by molar-refractivity contribution is 5.53. The lowest BCUT2D eigenvalue weighted by atomic mass is 10.0. The average Bonchev–Trinajstić information content (AvgIpc) is 2.92. The van der Waals surface area contributed by atoms with Crippen LogP contribution in [-0.2, 0) is 6.54 Å². The average molecular weight is 288 g/mol. The molecule has 0 aliphatic carbocycles. The zero-order chi connectivity index (χ0) is 15.2. The van der Waals surface area contributed by atoms with Crippen LogP contribution in [-0.4, -0.2) is 22.7 Å². The summed E-state index contributed by atoms with van der Waals surface area (Å²) in [4.78, 5) is 4.51. The van der Waals surface area contributed by atoms with Gasteiger partial charge in [-0.05, 0) is 31.4 Å². The van der Waals surface area contributed by atoms with E-state index in [-0.39, 0.29) is 12.6 Å². The normalized spacial score (nSPS) is 12.8. The van der Waals surface area contributed by atoms with Crippen molar-refractivity contribution in [3.63, 3.8) is 0 Å². The lowest BCUT2D eigenvalue weighted by molar-refractivity contribution is 0.243. The Labute approximate surface area is 126 Å². The van der Waals surface area contributed by atoms with Crippen LogP contribution < -0.4 is 5.32 Å². The van der Waals surface area contributed by atoms with Crippen molar-refractivity contribution in [1.29, 1.82) is 0 Å². The predicted molar refractivity (Wildman–Crippen MR) is 83.8 cm³/mol. The molecule has 0 aliphatic rings. The van der Waals surface area contributed by atoms with Gasteiger partial charge in [0.05, 0.1) is 5.69 Å². The third-order valence-corrected chi connectivity index (χ3v) is 3.64. The molecule has 2 aromatic rings. The first kappa shape index (κ1) is 15.7. The second-order valence-electron chi connectivity index (χ2n) is 5.75. The first-order valence-electron chi connectivity index (χ1n) is 7.46. The molecular formula is C17H24N2O2. The van der Waals surface area contributed by atoms with E-state index in [4.69, 9.17) is 9.52 Å². The zero-order valence-electron chi connectivity index (χ0n) is 13.0. The van der Waals surface area contributed by atoms with Crippen molar-refractivity contribution >= 4 is 0 Å². The van der Waals surface area contributed by atoms with E-state index in [2.05, 4.69) is 31.1 Å². The van der Waals surface area contributed by atoms with Crippen molar-refractivity contribution in [2.45, 2.75) is 39.8 Å². The second-order valence-corrected chi connectivity index (χ2v) is 5.75. The SMILES string of the molecule is Cc1ccc(-c2nc(CNC(CCO)C(C)C)co2)cc1. The van der Waals surface area contributed by atoms with Gasteiger partial charge in [0.25, 0.3) is 0 Å². The van der Waals surface area contributed by atoms with Gasteiger partial charge >= 0.3 is 0 Å². The van der Waals surface area contributed by atoms with Crippen LogP contribution in [0.1, 0.15) is 31.5 Å². The minimum absolute atomic E-state index is 0.198. The van der Waals surface area contributed by atoms with Crippen molar-refractivity contribution in [3.05, 3.63) is 41.8 Å². The third kappa shape index (κ3) is 4.41. The summed E-state index contributed by atoms with van der Waals surface area (Å²) in [7, 11) is 0. The van der Waals surface area contributed by atoms with E-state index in [1.165, 1.54) is 5.56 Å². The number of hydrogen-bond donors (Lipinski definition) is 2. The van der Waals surface area contributed by atoms with Crippen molar-refractivity contribution in [1.82, 2.24) is 10.3 Å². The maximum Gasteiger partial charge on any atom is 0.226 e. The number of hydrogen-bond acceptors (Lipinski definition) is 4. The van der Waals surface area contributed by atoms with Gasteiger partial charge in [-0.25, -0.2) is 4.98 Å². The van der Waals surface area contributed by atoms with Crippen molar-refractivity contribution in [2.75, 3.05) is 6.61 Å². The van der Waals surface area contributed by atoms with Gasteiger partial charge in [-0.3, -0.25) is 0 Å². The van der Waals surface area contributed by atoms with Gasteiger partial charge in [-0.15, -0.1) is 0 Å². The zero-order valence-corrected chi connectivity index (χ0v) is 13.0. The molecule has 1 aromatic heterocycles. The number of aromatic nitrogens is 1. The summed E-state index contributed by atoms with van der Waals surface area (Å²) in [6, 6.07) is 8.41. The van der Waals surface area contributed by atoms with Gasteiger partial charge in [0.2, 0.25) is 5.89 Å². The molecule has 0 radical (unpaired) electrons. The van der Waals surface area contributed by atoms with E-state index in [1.807, 2.05) is 24.3 Å². The quantitative estimate of drug-likeness (QED) is 0.821. The molecule has 0 saturated carbocycles. The minimum atomic E-state index is 0.198. The fourth-order valence-electron chi connectivity index (χ4n) is 2.26. The first-order chi connectivity index (χ1) is 10.1. The lowest BCUT2D eigenvalue weighted by Gasteiger charge is -2.20. The van der Waals surface area contributed by atoms with Crippen molar-refractivity contribution < 1.29 is 9.52 Å². The Morgan fingerprint density at radius 1 is 1.24 bits per heavy atom. The lowest BCUT2D eigenvalue weighted by Crippen LogP contribution is -2.34. The minimum Gasteiger partial charge on any atom is -0.444 e. The van der Waals surface area contributed by atoms with Crippen LogP contribution in [0.5, 0.6) is 0 Å². The number of nitrogens with one attached hydrogen (secondary N) is 1. The van der Waals surface area contributed by atoms with Crippen LogP contribution >= 0.6 is 0 Å². The van der Waals surface area contributed by atoms with Gasteiger partial charge < -0.3 is 14.8 Å². The highest BCUT2D eigenvalue weighted by Crippen LogP contribution is 2.19. The molecule has 0 fully saturated rings. The molecule has 1 atom stereocenters. The summed E-state index contributed by atoms with van der Waals surface area (Å²) in [5.41, 5.74) is 3.09. The molecule has 0 bridgehead atoms. The Morgan fingerprint density at radius 2 is 1.95 bits per heavy atom. The number of aliphatic hydroxyl groups is 1. The largest absolute Gasteiger partial charge is 0.444 e. The Morgan fingerprint density at radius 3 is 2.57 bits per heavy atom. The van der Waals surface area contributed by atoms with Crippen LogP contribution in [0, 0.1) is 12.8 Å². The fraction of sp³-hybridized carbons (Fsp3) is 0.471. The molecule has 0 saturated heterocycles. The first-order valence-corrected chi connectivity index (χ1v) is 7.46. The van der Waals surface area contributed by atoms with E-state index in [9.17, 15) is 0 Å². The number of oxazole rings is 1. The molecule has 0 amide bonds. The van der Waals surface area contributed by atoms with E-state index >= 15 is 0 Å². The van der Waals surface area contributed by atoms with E-state index < -0.39 is 0 Å². The molecule has 1 unspecified atom stereocenters. The maximum atomic E-state index is 9.08. The molecule has 21 heavy (non-hydrogen) atoms. The molecular weight excluding hydrogens is 264 g/mol. The monoisotopic (exact) mass is 288 g/mol. The van der Waals surface area contributed by atoms with E-state index in [0.29, 0.717) is 18.4 Å². The Hall–Kier alpha value is -1.65. The molecule has 114 valence electrons. The molecule has 1 aromatic carbocycles. The number of rotatable bonds is 7. The van der Waals surface area contributed by atoms with Crippen molar-refractivity contribution in [3.8, 4) is 11.5 Å². The Balaban J connectivity index is 1.98. The van der Waals surface area contributed by atoms with Crippen LogP contribution in [0.2, 0.25) is 0 Å². The highest BCUT2D eigenvalue weighted by Gasteiger charge is 2.13. The highest BCUT2D eigenvalue weighted by atomic mass is 16.3. The molecule has 1 heterocycles. The van der Waals surface area contributed by atoms with Crippen LogP contribution in [0.3, 0.4) is 0 Å². The van der Waals surface area contributed by atoms with Crippen LogP contribution in [0.25, 0.3) is 11.5 Å². The molecule has 4 heteroatoms. The number of nitrogens with zero attached hydrogens (tertiary/aromatic N) is 1. The van der Waals surface area contributed by atoms with Gasteiger partial charge in [-0.2, -0.15) is 0 Å². The van der Waals surface area contributed by atoms with Crippen LogP contribution in [0.15, 0.2) is 34.9 Å². The van der Waals surface area contributed by atoms with E-state index in [0.717, 1.165) is 17.7 Å². The Bertz CT molecular complexity index is 546. The van der Waals surface area contributed by atoms with E-state index in [1.54, 1.807) is 6.26 Å². The number of benzene rings is 1. The summed E-state index contributed by atoms with van der Waals surface area (Å²) < 4.78 is 5.54. The molecule has 2 N–H and O–H groups in total. The van der Waals surface area contributed by atoms with Gasteiger partial charge in [-0.1, -0.05) is 31.5 Å². The standard InChI is InChI=1S/C17H24N2O2/c1-12(2)16(8-9-20)18-10-15-11-21-17(19-15)14-6-4-13(3)5-7-14/h4-7,11-12,16,18,20H,8-10H2,1-3H3. The smallest absolute Gasteiger partial charge is 0.226 e. The van der Waals surface area contributed by atoms with Gasteiger partial charge in [0.15, 0.2) is 0 Å². The number of aryl methyl sites for hydroxylation is 1. The van der Waals surface area contributed by atoms with Crippen LogP contribution in [0.4, 0.5) is 0 Å². The maximum absolute atomic E-state index is 9.08. The number of aliphatic hydroxyl groups excluding tert-OH is 1. The molecule has 0 spiro atoms. The van der Waals surface area contributed by atoms with Gasteiger partial charge in [0.1, 0.15) is 6.26 Å². The summed E-state index contributed by atoms with van der Waals surface area (Å²) >= 11 is 0. The molecule has 0 aliphatic heterocycles. The van der Waals surface area contributed by atoms with Crippen molar-refractivity contribution in [2.24, 2.45) is 5.92 Å². The van der Waals surface area contributed by atoms with Gasteiger partial charge in [0, 0.05) is 24.8 Å². The fourth-order valence-corrected chi connectivity index (χ4v) is 2.26. The Kier molecular flexibility index (Phi) is 5.53. The summed E-state index contributed by atoms with van der Waals surface area (Å²) in [5, 5.41) is 12.5. The summed E-state index contributed by atoms with van der Waals surface area (Å²) in [6.07, 6.45) is 2.44. The molecule has 2 rings (SSSR count). The summed E-state index contributed by atoms with van der Waals surface area (Å²) in [5.74, 6) is 1.12. The topological polar surface area (TPSA) is 58.3 Å². The molecule has 4 nitrogen and oxygen atoms in total.